The zero-order chi connectivity index (χ0) is 11.7. The van der Waals surface area contributed by atoms with Crippen molar-refractivity contribution in [3.05, 3.63) is 41.2 Å². The molecule has 0 aliphatic heterocycles. The van der Waals surface area contributed by atoms with Crippen molar-refractivity contribution in [1.82, 2.24) is 19.7 Å². The first-order chi connectivity index (χ1) is 7.61. The Hall–Kier alpha value is -1.75. The summed E-state index contributed by atoms with van der Waals surface area (Å²) < 4.78 is 1.75. The lowest BCUT2D eigenvalue weighted by Gasteiger charge is -2.09. The van der Waals surface area contributed by atoms with Gasteiger partial charge in [-0.1, -0.05) is 0 Å². The summed E-state index contributed by atoms with van der Waals surface area (Å²) in [5.74, 6) is 0. The van der Waals surface area contributed by atoms with E-state index in [-0.39, 0.29) is 0 Å². The molecule has 0 spiro atoms. The Morgan fingerprint density at radius 1 is 1.31 bits per heavy atom. The molecule has 1 unspecified atom stereocenters. The van der Waals surface area contributed by atoms with Crippen LogP contribution in [0.5, 0.6) is 0 Å². The molecule has 5 heteroatoms. The molecule has 0 aliphatic rings. The molecule has 2 aromatic heterocycles. The molecule has 2 rings (SSSR count). The second-order valence-electron chi connectivity index (χ2n) is 3.74. The maximum Gasteiger partial charge on any atom is 0.126 e. The number of nitrogens with zero attached hydrogens (tertiary/aromatic N) is 4. The minimum atomic E-state index is -0.762. The van der Waals surface area contributed by atoms with Crippen LogP contribution in [0.25, 0.3) is 0 Å². The Morgan fingerprint density at radius 2 is 2.06 bits per heavy atom. The summed E-state index contributed by atoms with van der Waals surface area (Å²) in [6.07, 6.45) is 3.96. The maximum absolute atomic E-state index is 10.2. The van der Waals surface area contributed by atoms with Crippen molar-refractivity contribution in [2.75, 3.05) is 0 Å². The van der Waals surface area contributed by atoms with Crippen molar-refractivity contribution in [3.63, 3.8) is 0 Å². The molecular formula is C11H14N4O. The number of aliphatic hydroxyl groups excluding tert-OH is 1. The molecule has 0 radical (unpaired) electrons. The highest BCUT2D eigenvalue weighted by molar-refractivity contribution is 5.31. The minimum absolute atomic E-state index is 0.543. The van der Waals surface area contributed by atoms with Crippen LogP contribution in [-0.2, 0) is 7.05 Å². The van der Waals surface area contributed by atoms with Crippen LogP contribution >= 0.6 is 0 Å². The molecular weight excluding hydrogens is 204 g/mol. The van der Waals surface area contributed by atoms with E-state index in [1.54, 1.807) is 23.3 Å². The summed E-state index contributed by atoms with van der Waals surface area (Å²) in [5.41, 5.74) is 3.11. The Bertz CT molecular complexity index is 492. The highest BCUT2D eigenvalue weighted by Crippen LogP contribution is 2.25. The topological polar surface area (TPSA) is 63.8 Å². The monoisotopic (exact) mass is 218 g/mol. The predicted octanol–water partition coefficient (Wildman–Crippen LogP) is 0.909. The van der Waals surface area contributed by atoms with Crippen LogP contribution in [0.4, 0.5) is 0 Å². The number of aryl methyl sites for hydroxylation is 2. The lowest BCUT2D eigenvalue weighted by molar-refractivity contribution is 0.213. The molecule has 0 saturated heterocycles. The Balaban J connectivity index is 2.45. The molecule has 5 nitrogen and oxygen atoms in total. The highest BCUT2D eigenvalue weighted by Gasteiger charge is 2.20. The van der Waals surface area contributed by atoms with Gasteiger partial charge in [0.1, 0.15) is 6.10 Å². The van der Waals surface area contributed by atoms with Gasteiger partial charge in [-0.2, -0.15) is 5.10 Å². The van der Waals surface area contributed by atoms with Gasteiger partial charge in [0, 0.05) is 30.7 Å². The van der Waals surface area contributed by atoms with Crippen LogP contribution in [0, 0.1) is 13.8 Å². The summed E-state index contributed by atoms with van der Waals surface area (Å²) in [5, 5.41) is 14.5. The van der Waals surface area contributed by atoms with Crippen LogP contribution < -0.4 is 0 Å². The summed E-state index contributed by atoms with van der Waals surface area (Å²) in [4.78, 5) is 8.04. The largest absolute Gasteiger partial charge is 0.382 e. The first-order valence-corrected chi connectivity index (χ1v) is 5.05. The zero-order valence-corrected chi connectivity index (χ0v) is 9.55. The van der Waals surface area contributed by atoms with Crippen molar-refractivity contribution in [2.45, 2.75) is 20.0 Å². The third kappa shape index (κ3) is 1.69. The first-order valence-electron chi connectivity index (χ1n) is 5.05. The Morgan fingerprint density at radius 3 is 2.56 bits per heavy atom. The lowest BCUT2D eigenvalue weighted by Crippen LogP contribution is -2.05. The van der Waals surface area contributed by atoms with E-state index in [9.17, 15) is 5.11 Å². The molecule has 0 bridgehead atoms. The van der Waals surface area contributed by atoms with E-state index in [0.717, 1.165) is 17.0 Å². The van der Waals surface area contributed by atoms with E-state index in [1.807, 2.05) is 20.9 Å². The standard InChI is InChI=1S/C11H14N4O/c1-7-10(8(2)15(3)14-7)11(16)9-6-12-4-5-13-9/h4-6,11,16H,1-3H3. The molecule has 0 aromatic carbocycles. The van der Waals surface area contributed by atoms with Crippen molar-refractivity contribution in [2.24, 2.45) is 7.05 Å². The highest BCUT2D eigenvalue weighted by atomic mass is 16.3. The zero-order valence-electron chi connectivity index (χ0n) is 9.55. The molecule has 1 atom stereocenters. The summed E-state index contributed by atoms with van der Waals surface area (Å²) in [6.45, 7) is 3.80. The molecule has 0 fully saturated rings. The Kier molecular flexibility index (Phi) is 2.70. The SMILES string of the molecule is Cc1nn(C)c(C)c1C(O)c1cnccn1. The minimum Gasteiger partial charge on any atom is -0.382 e. The van der Waals surface area contributed by atoms with E-state index >= 15 is 0 Å². The summed E-state index contributed by atoms with van der Waals surface area (Å²) in [7, 11) is 1.86. The molecule has 0 aliphatic carbocycles. The maximum atomic E-state index is 10.2. The second-order valence-corrected chi connectivity index (χ2v) is 3.74. The van der Waals surface area contributed by atoms with Gasteiger partial charge in [-0.15, -0.1) is 0 Å². The van der Waals surface area contributed by atoms with Gasteiger partial charge in [-0.05, 0) is 13.8 Å². The first kappa shape index (κ1) is 10.8. The van der Waals surface area contributed by atoms with Crippen LogP contribution in [0.3, 0.4) is 0 Å². The van der Waals surface area contributed by atoms with Gasteiger partial charge < -0.3 is 5.11 Å². The fraction of sp³-hybridized carbons (Fsp3) is 0.364. The number of hydrogen-bond acceptors (Lipinski definition) is 4. The predicted molar refractivity (Wildman–Crippen MR) is 58.8 cm³/mol. The molecule has 0 saturated carbocycles. The van der Waals surface area contributed by atoms with E-state index in [1.165, 1.54) is 0 Å². The lowest BCUT2D eigenvalue weighted by atomic mass is 10.1. The smallest absolute Gasteiger partial charge is 0.126 e. The average molecular weight is 218 g/mol. The molecule has 1 N–H and O–H groups in total. The third-order valence-electron chi connectivity index (χ3n) is 2.70. The van der Waals surface area contributed by atoms with Crippen molar-refractivity contribution in [1.29, 1.82) is 0 Å². The van der Waals surface area contributed by atoms with Crippen molar-refractivity contribution < 1.29 is 5.11 Å². The van der Waals surface area contributed by atoms with Gasteiger partial charge in [0.2, 0.25) is 0 Å². The number of aliphatic hydroxyl groups is 1. The second kappa shape index (κ2) is 4.02. The van der Waals surface area contributed by atoms with E-state index < -0.39 is 6.10 Å². The average Bonchev–Trinajstić information content (AvgIpc) is 2.54. The molecule has 84 valence electrons. The van der Waals surface area contributed by atoms with Gasteiger partial charge in [0.05, 0.1) is 17.6 Å². The summed E-state index contributed by atoms with van der Waals surface area (Å²) in [6, 6.07) is 0. The van der Waals surface area contributed by atoms with Crippen molar-refractivity contribution in [3.8, 4) is 0 Å². The van der Waals surface area contributed by atoms with Gasteiger partial charge in [0.25, 0.3) is 0 Å². The summed E-state index contributed by atoms with van der Waals surface area (Å²) >= 11 is 0. The normalized spacial score (nSPS) is 12.8. The van der Waals surface area contributed by atoms with Crippen molar-refractivity contribution >= 4 is 0 Å². The third-order valence-corrected chi connectivity index (χ3v) is 2.70. The van der Waals surface area contributed by atoms with Crippen LogP contribution in [0.15, 0.2) is 18.6 Å². The van der Waals surface area contributed by atoms with E-state index in [4.69, 9.17) is 0 Å². The molecule has 16 heavy (non-hydrogen) atoms. The van der Waals surface area contributed by atoms with Gasteiger partial charge in [-0.3, -0.25) is 14.6 Å². The fourth-order valence-electron chi connectivity index (χ4n) is 1.79. The number of aromatic nitrogens is 4. The van der Waals surface area contributed by atoms with Gasteiger partial charge >= 0.3 is 0 Å². The molecule has 2 aromatic rings. The number of hydrogen-bond donors (Lipinski definition) is 1. The number of rotatable bonds is 2. The quantitative estimate of drug-likeness (QED) is 0.813. The fourth-order valence-corrected chi connectivity index (χ4v) is 1.79. The van der Waals surface area contributed by atoms with E-state index in [0.29, 0.717) is 5.69 Å². The van der Waals surface area contributed by atoms with Gasteiger partial charge in [0.15, 0.2) is 0 Å². The van der Waals surface area contributed by atoms with Crippen LogP contribution in [0.1, 0.15) is 28.7 Å². The van der Waals surface area contributed by atoms with E-state index in [2.05, 4.69) is 15.1 Å². The van der Waals surface area contributed by atoms with Crippen LogP contribution in [-0.4, -0.2) is 24.9 Å². The van der Waals surface area contributed by atoms with Crippen LogP contribution in [0.2, 0.25) is 0 Å². The molecule has 0 amide bonds. The van der Waals surface area contributed by atoms with Gasteiger partial charge in [-0.25, -0.2) is 0 Å². The molecule has 2 heterocycles. The Labute approximate surface area is 93.8 Å².